The Bertz CT molecular complexity index is 937. The highest BCUT2D eigenvalue weighted by Crippen LogP contribution is 2.54. The molecule has 1 aliphatic carbocycles. The van der Waals surface area contributed by atoms with Crippen molar-refractivity contribution < 1.29 is 14.3 Å². The van der Waals surface area contributed by atoms with Crippen molar-refractivity contribution in [2.45, 2.75) is 77.5 Å². The van der Waals surface area contributed by atoms with Crippen molar-refractivity contribution in [2.24, 2.45) is 22.1 Å². The van der Waals surface area contributed by atoms with Crippen LogP contribution in [0.25, 0.3) is 0 Å². The predicted molar refractivity (Wildman–Crippen MR) is 120 cm³/mol. The molecule has 1 aromatic carbocycles. The number of para-hydroxylation sites is 1. The smallest absolute Gasteiger partial charge is 0.231 e. The molecule has 2 amide bonds. The molecule has 0 aromatic heterocycles. The molecular formula is C24H34N4O3. The first-order valence-electron chi connectivity index (χ1n) is 11.3. The van der Waals surface area contributed by atoms with Crippen LogP contribution in [0.5, 0.6) is 5.75 Å². The van der Waals surface area contributed by atoms with E-state index < -0.39 is 16.6 Å². The fourth-order valence-electron chi connectivity index (χ4n) is 5.11. The quantitative estimate of drug-likeness (QED) is 0.730. The zero-order valence-electron chi connectivity index (χ0n) is 19.2. The van der Waals surface area contributed by atoms with Gasteiger partial charge in [0, 0.05) is 12.1 Å². The average Bonchev–Trinajstić information content (AvgIpc) is 3.31. The molecule has 3 aliphatic rings. The van der Waals surface area contributed by atoms with Gasteiger partial charge in [0.1, 0.15) is 11.4 Å². The minimum Gasteiger partial charge on any atom is -0.485 e. The summed E-state index contributed by atoms with van der Waals surface area (Å²) in [5.74, 6) is 1.10. The van der Waals surface area contributed by atoms with Gasteiger partial charge in [-0.2, -0.15) is 0 Å². The highest BCUT2D eigenvalue weighted by Gasteiger charge is 2.60. The first-order chi connectivity index (χ1) is 14.6. The number of rotatable bonds is 6. The second-order valence-electron chi connectivity index (χ2n) is 9.97. The summed E-state index contributed by atoms with van der Waals surface area (Å²) in [4.78, 5) is 32.7. The van der Waals surface area contributed by atoms with E-state index in [-0.39, 0.29) is 36.3 Å². The number of carbonyl (C=O) groups excluding carboxylic acids is 2. The fourth-order valence-corrected chi connectivity index (χ4v) is 5.11. The van der Waals surface area contributed by atoms with Gasteiger partial charge in [0.05, 0.1) is 23.4 Å². The Labute approximate surface area is 184 Å². The lowest BCUT2D eigenvalue weighted by molar-refractivity contribution is -0.133. The van der Waals surface area contributed by atoms with E-state index in [1.807, 2.05) is 58.9 Å². The van der Waals surface area contributed by atoms with Crippen molar-refractivity contribution in [3.8, 4) is 5.75 Å². The molecule has 1 aromatic rings. The maximum Gasteiger partial charge on any atom is 0.231 e. The number of nitrogens with two attached hydrogens (primary N) is 1. The minimum atomic E-state index is -0.651. The van der Waals surface area contributed by atoms with Gasteiger partial charge in [-0.25, -0.2) is 4.99 Å². The Hall–Kier alpha value is -2.57. The standard InChI is InChI=1S/C24H34N4O3/c1-6-23(7-2)13-18(29)28(21(25)27-23)14-24(12-15(24)3)20(30)26-19-16-10-8-9-11-17(16)31-22(19,4)5/h8-11,15,19H,6-7,12-14H2,1-5H3,(H2,25,27)(H,26,30)/t15-,19-,24+/m0/s1. The highest BCUT2D eigenvalue weighted by atomic mass is 16.5. The van der Waals surface area contributed by atoms with E-state index in [1.165, 1.54) is 4.90 Å². The molecule has 1 saturated carbocycles. The third-order valence-electron chi connectivity index (χ3n) is 7.65. The van der Waals surface area contributed by atoms with Crippen LogP contribution in [0.15, 0.2) is 29.3 Å². The molecule has 2 aliphatic heterocycles. The van der Waals surface area contributed by atoms with E-state index >= 15 is 0 Å². The lowest BCUT2D eigenvalue weighted by Gasteiger charge is -2.38. The van der Waals surface area contributed by atoms with Crippen molar-refractivity contribution in [3.05, 3.63) is 29.8 Å². The average molecular weight is 427 g/mol. The van der Waals surface area contributed by atoms with Crippen molar-refractivity contribution in [1.82, 2.24) is 10.2 Å². The van der Waals surface area contributed by atoms with Crippen LogP contribution in [0, 0.1) is 11.3 Å². The number of guanidine groups is 1. The van der Waals surface area contributed by atoms with Gasteiger partial charge in [0.15, 0.2) is 5.96 Å². The third kappa shape index (κ3) is 3.48. The number of nitrogens with zero attached hydrogens (tertiary/aromatic N) is 2. The van der Waals surface area contributed by atoms with Crippen LogP contribution in [-0.2, 0) is 9.59 Å². The van der Waals surface area contributed by atoms with Gasteiger partial charge < -0.3 is 15.8 Å². The van der Waals surface area contributed by atoms with E-state index in [1.54, 1.807) is 0 Å². The second-order valence-corrected chi connectivity index (χ2v) is 9.97. The van der Waals surface area contributed by atoms with Crippen molar-refractivity contribution in [3.63, 3.8) is 0 Å². The Morgan fingerprint density at radius 3 is 2.52 bits per heavy atom. The number of hydrogen-bond donors (Lipinski definition) is 2. The normalized spacial score (nSPS) is 30.3. The van der Waals surface area contributed by atoms with Crippen LogP contribution < -0.4 is 15.8 Å². The number of fused-ring (bicyclic) bond motifs is 1. The molecule has 4 rings (SSSR count). The topological polar surface area (TPSA) is 97.0 Å². The van der Waals surface area contributed by atoms with E-state index in [4.69, 9.17) is 10.5 Å². The fraction of sp³-hybridized carbons (Fsp3) is 0.625. The van der Waals surface area contributed by atoms with E-state index in [2.05, 4.69) is 10.3 Å². The third-order valence-corrected chi connectivity index (χ3v) is 7.65. The van der Waals surface area contributed by atoms with Crippen LogP contribution in [0.3, 0.4) is 0 Å². The van der Waals surface area contributed by atoms with Gasteiger partial charge in [-0.05, 0) is 45.1 Å². The number of amides is 2. The predicted octanol–water partition coefficient (Wildman–Crippen LogP) is 3.15. The van der Waals surface area contributed by atoms with Gasteiger partial charge in [0.2, 0.25) is 11.8 Å². The lowest BCUT2D eigenvalue weighted by atomic mass is 9.87. The largest absolute Gasteiger partial charge is 0.485 e. The van der Waals surface area contributed by atoms with E-state index in [9.17, 15) is 9.59 Å². The Morgan fingerprint density at radius 2 is 1.94 bits per heavy atom. The SMILES string of the molecule is CCC1(CC)CC(=O)N(C[C@]2(C(=O)N[C@H]3c4ccccc4OC3(C)C)C[C@@H]2C)C(N)=N1. The summed E-state index contributed by atoms with van der Waals surface area (Å²) in [5.41, 5.74) is 5.61. The molecule has 3 atom stereocenters. The van der Waals surface area contributed by atoms with Crippen molar-refractivity contribution in [2.75, 3.05) is 6.54 Å². The maximum absolute atomic E-state index is 13.5. The minimum absolute atomic E-state index is 0.0441. The second kappa shape index (κ2) is 7.24. The molecule has 7 nitrogen and oxygen atoms in total. The molecule has 3 N–H and O–H groups in total. The number of nitrogens with one attached hydrogen (secondary N) is 1. The van der Waals surface area contributed by atoms with E-state index in [0.29, 0.717) is 6.42 Å². The zero-order chi connectivity index (χ0) is 22.6. The highest BCUT2D eigenvalue weighted by molar-refractivity contribution is 6.00. The molecule has 0 bridgehead atoms. The zero-order valence-corrected chi connectivity index (χ0v) is 19.2. The molecule has 31 heavy (non-hydrogen) atoms. The summed E-state index contributed by atoms with van der Waals surface area (Å²) in [6.07, 6.45) is 2.59. The van der Waals surface area contributed by atoms with Gasteiger partial charge in [-0.15, -0.1) is 0 Å². The summed E-state index contributed by atoms with van der Waals surface area (Å²) in [7, 11) is 0. The van der Waals surface area contributed by atoms with Crippen molar-refractivity contribution in [1.29, 1.82) is 0 Å². The summed E-state index contributed by atoms with van der Waals surface area (Å²) in [5, 5.41) is 3.23. The molecule has 168 valence electrons. The number of hydrogen-bond acceptors (Lipinski definition) is 5. The van der Waals surface area contributed by atoms with Crippen LogP contribution in [0.2, 0.25) is 0 Å². The number of benzene rings is 1. The molecular weight excluding hydrogens is 392 g/mol. The molecule has 0 spiro atoms. The maximum atomic E-state index is 13.5. The van der Waals surface area contributed by atoms with Crippen LogP contribution >= 0.6 is 0 Å². The Morgan fingerprint density at radius 1 is 1.29 bits per heavy atom. The Balaban J connectivity index is 1.55. The first kappa shape index (κ1) is 21.7. The van der Waals surface area contributed by atoms with Gasteiger partial charge in [-0.3, -0.25) is 14.5 Å². The van der Waals surface area contributed by atoms with Crippen LogP contribution in [0.1, 0.15) is 71.9 Å². The van der Waals surface area contributed by atoms with Crippen LogP contribution in [0.4, 0.5) is 0 Å². The molecule has 1 fully saturated rings. The Kier molecular flexibility index (Phi) is 5.06. The number of ether oxygens (including phenoxy) is 1. The van der Waals surface area contributed by atoms with Crippen LogP contribution in [-0.4, -0.2) is 40.4 Å². The molecule has 0 radical (unpaired) electrons. The summed E-state index contributed by atoms with van der Waals surface area (Å²) >= 11 is 0. The lowest BCUT2D eigenvalue weighted by Crippen LogP contribution is -2.55. The summed E-state index contributed by atoms with van der Waals surface area (Å²) in [6.45, 7) is 10.3. The monoisotopic (exact) mass is 426 g/mol. The summed E-state index contributed by atoms with van der Waals surface area (Å²) in [6, 6.07) is 7.55. The van der Waals surface area contributed by atoms with Gasteiger partial charge in [0.25, 0.3) is 0 Å². The number of carbonyl (C=O) groups is 2. The molecule has 2 heterocycles. The molecule has 7 heteroatoms. The summed E-state index contributed by atoms with van der Waals surface area (Å²) < 4.78 is 6.08. The van der Waals surface area contributed by atoms with Crippen molar-refractivity contribution >= 4 is 17.8 Å². The van der Waals surface area contributed by atoms with E-state index in [0.717, 1.165) is 30.6 Å². The number of aliphatic imine (C=N–C) groups is 1. The molecule has 0 unspecified atom stereocenters. The van der Waals surface area contributed by atoms with Gasteiger partial charge in [-0.1, -0.05) is 39.0 Å². The van der Waals surface area contributed by atoms with Gasteiger partial charge >= 0.3 is 0 Å². The molecule has 0 saturated heterocycles. The first-order valence-corrected chi connectivity index (χ1v) is 11.3.